The Morgan fingerprint density at radius 1 is 1.45 bits per heavy atom. The van der Waals surface area contributed by atoms with E-state index in [-0.39, 0.29) is 23.5 Å². The third-order valence-electron chi connectivity index (χ3n) is 2.63. The summed E-state index contributed by atoms with van der Waals surface area (Å²) in [5, 5.41) is 19.7. The molecule has 0 aromatic heterocycles. The number of hydrogen-bond donors (Lipinski definition) is 1. The molecular weight excluding hydrogens is 268 g/mol. The van der Waals surface area contributed by atoms with Gasteiger partial charge in [0, 0.05) is 12.6 Å². The molecule has 0 unspecified atom stereocenters. The van der Waals surface area contributed by atoms with Crippen molar-refractivity contribution >= 4 is 17.6 Å². The van der Waals surface area contributed by atoms with Crippen molar-refractivity contribution < 1.29 is 24.4 Å². The molecule has 0 atom stereocenters. The number of nitrogens with zero attached hydrogens (tertiary/aromatic N) is 2. The highest BCUT2D eigenvalue weighted by molar-refractivity contribution is 5.99. The molecule has 0 heterocycles. The molecule has 0 spiro atoms. The molecule has 0 bridgehead atoms. The number of likely N-dealkylation sites (N-methyl/N-ethyl adjacent to an activating group) is 1. The largest absolute Gasteiger partial charge is 0.497 e. The molecule has 0 aliphatic heterocycles. The molecule has 1 aromatic rings. The molecule has 108 valence electrons. The van der Waals surface area contributed by atoms with Crippen LogP contribution in [-0.2, 0) is 4.79 Å². The summed E-state index contributed by atoms with van der Waals surface area (Å²) in [6.45, 7) is 1.19. The number of nitro benzene ring substituents is 1. The predicted molar refractivity (Wildman–Crippen MR) is 68.9 cm³/mol. The van der Waals surface area contributed by atoms with Crippen molar-refractivity contribution in [3.8, 4) is 5.75 Å². The number of rotatable bonds is 6. The van der Waals surface area contributed by atoms with E-state index in [1.54, 1.807) is 6.92 Å². The summed E-state index contributed by atoms with van der Waals surface area (Å²) in [6.07, 6.45) is 0. The van der Waals surface area contributed by atoms with Gasteiger partial charge in [0.05, 0.1) is 12.0 Å². The fraction of sp³-hybridized carbons (Fsp3) is 0.333. The van der Waals surface area contributed by atoms with E-state index in [1.807, 2.05) is 0 Å². The van der Waals surface area contributed by atoms with Gasteiger partial charge >= 0.3 is 5.97 Å². The normalized spacial score (nSPS) is 9.90. The summed E-state index contributed by atoms with van der Waals surface area (Å²) >= 11 is 0. The fourth-order valence-electron chi connectivity index (χ4n) is 1.63. The lowest BCUT2D eigenvalue weighted by molar-refractivity contribution is -0.385. The Kier molecular flexibility index (Phi) is 5.01. The molecule has 1 aromatic carbocycles. The van der Waals surface area contributed by atoms with Gasteiger partial charge in [0.15, 0.2) is 0 Å². The third-order valence-corrected chi connectivity index (χ3v) is 2.63. The van der Waals surface area contributed by atoms with Crippen LogP contribution in [0.5, 0.6) is 5.75 Å². The molecule has 8 nitrogen and oxygen atoms in total. The van der Waals surface area contributed by atoms with E-state index in [0.717, 1.165) is 11.0 Å². The second kappa shape index (κ2) is 6.50. The first-order valence-corrected chi connectivity index (χ1v) is 5.74. The number of methoxy groups -OCH3 is 1. The van der Waals surface area contributed by atoms with Crippen LogP contribution in [-0.4, -0.2) is 47.0 Å². The minimum Gasteiger partial charge on any atom is -0.497 e. The maximum absolute atomic E-state index is 12.2. The van der Waals surface area contributed by atoms with Gasteiger partial charge in [-0.2, -0.15) is 0 Å². The smallest absolute Gasteiger partial charge is 0.323 e. The zero-order valence-corrected chi connectivity index (χ0v) is 11.0. The molecule has 0 radical (unpaired) electrons. The standard InChI is InChI=1S/C12H14N2O6/c1-3-13(7-11(15)16)12(17)9-6-8(20-2)4-5-10(9)14(18)19/h4-6H,3,7H2,1-2H3,(H,15,16). The van der Waals surface area contributed by atoms with Gasteiger partial charge in [-0.05, 0) is 19.1 Å². The van der Waals surface area contributed by atoms with Crippen LogP contribution in [0.25, 0.3) is 0 Å². The van der Waals surface area contributed by atoms with Crippen LogP contribution >= 0.6 is 0 Å². The highest BCUT2D eigenvalue weighted by atomic mass is 16.6. The van der Waals surface area contributed by atoms with Crippen LogP contribution in [0, 0.1) is 10.1 Å². The van der Waals surface area contributed by atoms with E-state index in [9.17, 15) is 19.7 Å². The Morgan fingerprint density at radius 3 is 2.55 bits per heavy atom. The van der Waals surface area contributed by atoms with Crippen molar-refractivity contribution in [1.29, 1.82) is 0 Å². The Labute approximate surface area is 114 Å². The maximum atomic E-state index is 12.2. The number of carboxylic acid groups (broad SMARTS) is 1. The van der Waals surface area contributed by atoms with Crippen LogP contribution in [0.3, 0.4) is 0 Å². The zero-order valence-electron chi connectivity index (χ0n) is 11.0. The van der Waals surface area contributed by atoms with Crippen molar-refractivity contribution in [1.82, 2.24) is 4.90 Å². The summed E-state index contributed by atoms with van der Waals surface area (Å²) < 4.78 is 4.92. The zero-order chi connectivity index (χ0) is 15.3. The number of carbonyl (C=O) groups excluding carboxylic acids is 1. The number of aliphatic carboxylic acids is 1. The van der Waals surface area contributed by atoms with Crippen LogP contribution < -0.4 is 4.74 Å². The van der Waals surface area contributed by atoms with Crippen LogP contribution in [0.1, 0.15) is 17.3 Å². The SMILES string of the molecule is CCN(CC(=O)O)C(=O)c1cc(OC)ccc1[N+](=O)[O-]. The Bertz CT molecular complexity index is 543. The molecule has 0 aliphatic rings. The quantitative estimate of drug-likeness (QED) is 0.619. The lowest BCUT2D eigenvalue weighted by Crippen LogP contribution is -2.35. The number of carboxylic acids is 1. The van der Waals surface area contributed by atoms with E-state index >= 15 is 0 Å². The highest BCUT2D eigenvalue weighted by Gasteiger charge is 2.25. The first-order valence-electron chi connectivity index (χ1n) is 5.74. The second-order valence-corrected chi connectivity index (χ2v) is 3.85. The van der Waals surface area contributed by atoms with Crippen LogP contribution in [0.4, 0.5) is 5.69 Å². The Hall–Kier alpha value is -2.64. The molecular formula is C12H14N2O6. The third kappa shape index (κ3) is 3.44. The minimum atomic E-state index is -1.19. The first kappa shape index (κ1) is 15.4. The molecule has 20 heavy (non-hydrogen) atoms. The maximum Gasteiger partial charge on any atom is 0.323 e. The van der Waals surface area contributed by atoms with Crippen LogP contribution in [0.15, 0.2) is 18.2 Å². The monoisotopic (exact) mass is 282 g/mol. The predicted octanol–water partition coefficient (Wildman–Crippen LogP) is 1.15. The number of benzene rings is 1. The Balaban J connectivity index is 3.23. The molecule has 0 fully saturated rings. The van der Waals surface area contributed by atoms with Gasteiger partial charge < -0.3 is 14.7 Å². The summed E-state index contributed by atoms with van der Waals surface area (Å²) in [7, 11) is 1.37. The number of hydrogen-bond acceptors (Lipinski definition) is 5. The van der Waals surface area contributed by atoms with Crippen molar-refractivity contribution in [3.63, 3.8) is 0 Å². The van der Waals surface area contributed by atoms with Gasteiger partial charge in [-0.15, -0.1) is 0 Å². The van der Waals surface area contributed by atoms with Crippen molar-refractivity contribution in [2.75, 3.05) is 20.2 Å². The average Bonchev–Trinajstić information content (AvgIpc) is 2.42. The summed E-state index contributed by atoms with van der Waals surface area (Å²) in [5.41, 5.74) is -0.586. The number of nitro groups is 1. The molecule has 0 saturated heterocycles. The first-order chi connectivity index (χ1) is 9.40. The topological polar surface area (TPSA) is 110 Å². The van der Waals surface area contributed by atoms with Gasteiger partial charge in [-0.3, -0.25) is 19.7 Å². The molecule has 0 saturated carbocycles. The lowest BCUT2D eigenvalue weighted by atomic mass is 10.1. The van der Waals surface area contributed by atoms with E-state index in [0.29, 0.717) is 0 Å². The van der Waals surface area contributed by atoms with E-state index in [1.165, 1.54) is 19.2 Å². The van der Waals surface area contributed by atoms with Gasteiger partial charge in [-0.1, -0.05) is 0 Å². The van der Waals surface area contributed by atoms with Gasteiger partial charge in [-0.25, -0.2) is 0 Å². The summed E-state index contributed by atoms with van der Waals surface area (Å²) in [5.74, 6) is -1.63. The molecule has 1 rings (SSSR count). The van der Waals surface area contributed by atoms with Gasteiger partial charge in [0.1, 0.15) is 17.9 Å². The van der Waals surface area contributed by atoms with E-state index < -0.39 is 23.3 Å². The molecule has 0 aliphatic carbocycles. The van der Waals surface area contributed by atoms with E-state index in [4.69, 9.17) is 9.84 Å². The number of carbonyl (C=O) groups is 2. The molecule has 8 heteroatoms. The fourth-order valence-corrected chi connectivity index (χ4v) is 1.63. The Morgan fingerprint density at radius 2 is 2.10 bits per heavy atom. The minimum absolute atomic E-state index is 0.125. The van der Waals surface area contributed by atoms with Gasteiger partial charge in [0.25, 0.3) is 11.6 Å². The van der Waals surface area contributed by atoms with Gasteiger partial charge in [0.2, 0.25) is 0 Å². The molecule has 1 N–H and O–H groups in total. The number of amides is 1. The van der Waals surface area contributed by atoms with Crippen LogP contribution in [0.2, 0.25) is 0 Å². The summed E-state index contributed by atoms with van der Waals surface area (Å²) in [4.78, 5) is 34.1. The van der Waals surface area contributed by atoms with Crippen molar-refractivity contribution in [2.24, 2.45) is 0 Å². The van der Waals surface area contributed by atoms with Crippen molar-refractivity contribution in [2.45, 2.75) is 6.92 Å². The summed E-state index contributed by atoms with van der Waals surface area (Å²) in [6, 6.07) is 3.74. The van der Waals surface area contributed by atoms with Crippen molar-refractivity contribution in [3.05, 3.63) is 33.9 Å². The molecule has 1 amide bonds. The lowest BCUT2D eigenvalue weighted by Gasteiger charge is -2.18. The number of ether oxygens (including phenoxy) is 1. The van der Waals surface area contributed by atoms with E-state index in [2.05, 4.69) is 0 Å². The second-order valence-electron chi connectivity index (χ2n) is 3.85. The average molecular weight is 282 g/mol. The highest BCUT2D eigenvalue weighted by Crippen LogP contribution is 2.25.